The summed E-state index contributed by atoms with van der Waals surface area (Å²) < 4.78 is 5.80. The molecule has 5 nitrogen and oxygen atoms in total. The second kappa shape index (κ2) is 10.0. The van der Waals surface area contributed by atoms with Gasteiger partial charge in [0.2, 0.25) is 0 Å². The van der Waals surface area contributed by atoms with Crippen molar-refractivity contribution in [3.63, 3.8) is 0 Å². The molecule has 30 heavy (non-hydrogen) atoms. The first-order valence-electron chi connectivity index (χ1n) is 10.5. The van der Waals surface area contributed by atoms with Gasteiger partial charge in [0.05, 0.1) is 5.56 Å². The molecule has 0 aromatic heterocycles. The zero-order valence-corrected chi connectivity index (χ0v) is 18.7. The van der Waals surface area contributed by atoms with Crippen LogP contribution in [-0.4, -0.2) is 41.9 Å². The third-order valence-electron chi connectivity index (χ3n) is 5.49. The maximum absolute atomic E-state index is 12.7. The van der Waals surface area contributed by atoms with Crippen molar-refractivity contribution in [2.45, 2.75) is 56.6 Å². The maximum atomic E-state index is 12.7. The van der Waals surface area contributed by atoms with Crippen LogP contribution in [0, 0.1) is 0 Å². The standard InChI is InChI=1S/C24H30N2O3S/c1-16(2)18-8-10-20(11-9-18)29-17(3)23(27)25-19-12-14-26(15-13-19)24(28)21-6-4-5-7-22(21)30/h4-11,16-17,19,30H,12-15H2,1-3H3,(H,25,27). The number of carbonyl (C=O) groups excluding carboxylic acids is 2. The number of benzene rings is 2. The monoisotopic (exact) mass is 426 g/mol. The number of rotatable bonds is 6. The van der Waals surface area contributed by atoms with Crippen molar-refractivity contribution >= 4 is 24.4 Å². The quantitative estimate of drug-likeness (QED) is 0.678. The number of carbonyl (C=O) groups is 2. The molecule has 2 aromatic rings. The van der Waals surface area contributed by atoms with Crippen LogP contribution < -0.4 is 10.1 Å². The van der Waals surface area contributed by atoms with Gasteiger partial charge in [-0.2, -0.15) is 0 Å². The molecule has 0 saturated carbocycles. The largest absolute Gasteiger partial charge is 0.481 e. The van der Waals surface area contributed by atoms with Crippen LogP contribution in [0.2, 0.25) is 0 Å². The fraction of sp³-hybridized carbons (Fsp3) is 0.417. The summed E-state index contributed by atoms with van der Waals surface area (Å²) in [4.78, 5) is 27.8. The van der Waals surface area contributed by atoms with Crippen molar-refractivity contribution < 1.29 is 14.3 Å². The number of hydrogen-bond acceptors (Lipinski definition) is 4. The molecule has 1 atom stereocenters. The number of nitrogens with one attached hydrogen (secondary N) is 1. The summed E-state index contributed by atoms with van der Waals surface area (Å²) in [6.45, 7) is 7.26. The first-order chi connectivity index (χ1) is 14.3. The molecule has 1 aliphatic heterocycles. The molecular formula is C24H30N2O3S. The lowest BCUT2D eigenvalue weighted by molar-refractivity contribution is -0.128. The van der Waals surface area contributed by atoms with Crippen molar-refractivity contribution in [3.05, 3.63) is 59.7 Å². The maximum Gasteiger partial charge on any atom is 0.260 e. The summed E-state index contributed by atoms with van der Waals surface area (Å²) >= 11 is 4.38. The van der Waals surface area contributed by atoms with E-state index in [1.807, 2.05) is 47.4 Å². The van der Waals surface area contributed by atoms with Gasteiger partial charge in [-0.1, -0.05) is 38.1 Å². The summed E-state index contributed by atoms with van der Waals surface area (Å²) in [6, 6.07) is 15.2. The normalized spacial score (nSPS) is 15.7. The molecule has 160 valence electrons. The molecule has 2 aromatic carbocycles. The minimum absolute atomic E-state index is 0.00748. The molecule has 1 aliphatic rings. The Kier molecular flexibility index (Phi) is 7.43. The number of likely N-dealkylation sites (tertiary alicyclic amines) is 1. The van der Waals surface area contributed by atoms with Gasteiger partial charge in [0.25, 0.3) is 11.8 Å². The van der Waals surface area contributed by atoms with Gasteiger partial charge in [-0.3, -0.25) is 9.59 Å². The van der Waals surface area contributed by atoms with E-state index in [0.717, 1.165) is 12.8 Å². The van der Waals surface area contributed by atoms with E-state index in [0.29, 0.717) is 35.2 Å². The summed E-state index contributed by atoms with van der Waals surface area (Å²) in [5.74, 6) is 1.01. The molecule has 1 unspecified atom stereocenters. The Labute approximate surface area is 184 Å². The Morgan fingerprint density at radius 1 is 1.03 bits per heavy atom. The van der Waals surface area contributed by atoms with Crippen LogP contribution in [0.1, 0.15) is 55.5 Å². The summed E-state index contributed by atoms with van der Waals surface area (Å²) in [5, 5.41) is 3.06. The van der Waals surface area contributed by atoms with Crippen molar-refractivity contribution in [2.24, 2.45) is 0 Å². The molecule has 1 heterocycles. The Morgan fingerprint density at radius 3 is 2.27 bits per heavy atom. The molecule has 0 spiro atoms. The number of nitrogens with zero attached hydrogens (tertiary/aromatic N) is 1. The van der Waals surface area contributed by atoms with Crippen LogP contribution in [0.25, 0.3) is 0 Å². The first-order valence-corrected chi connectivity index (χ1v) is 10.9. The zero-order valence-electron chi connectivity index (χ0n) is 17.8. The Balaban J connectivity index is 1.47. The lowest BCUT2D eigenvalue weighted by Crippen LogP contribution is -2.49. The van der Waals surface area contributed by atoms with Crippen molar-refractivity contribution in [1.82, 2.24) is 10.2 Å². The van der Waals surface area contributed by atoms with E-state index < -0.39 is 6.10 Å². The molecule has 3 rings (SSSR count). The summed E-state index contributed by atoms with van der Waals surface area (Å²) in [6.07, 6.45) is 0.870. The third-order valence-corrected chi connectivity index (χ3v) is 5.88. The first kappa shape index (κ1) is 22.2. The fourth-order valence-corrected chi connectivity index (χ4v) is 3.82. The van der Waals surface area contributed by atoms with Crippen LogP contribution in [0.15, 0.2) is 53.4 Å². The molecular weight excluding hydrogens is 396 g/mol. The van der Waals surface area contributed by atoms with E-state index in [1.54, 1.807) is 13.0 Å². The number of piperidine rings is 1. The SMILES string of the molecule is CC(Oc1ccc(C(C)C)cc1)C(=O)NC1CCN(C(=O)c2ccccc2S)CC1. The molecule has 0 bridgehead atoms. The van der Waals surface area contributed by atoms with Crippen LogP contribution >= 0.6 is 12.6 Å². The van der Waals surface area contributed by atoms with Crippen LogP contribution in [-0.2, 0) is 4.79 Å². The van der Waals surface area contributed by atoms with Crippen LogP contribution in [0.3, 0.4) is 0 Å². The highest BCUT2D eigenvalue weighted by Crippen LogP contribution is 2.21. The van der Waals surface area contributed by atoms with Gasteiger partial charge in [-0.05, 0) is 55.5 Å². The minimum Gasteiger partial charge on any atom is -0.481 e. The second-order valence-electron chi connectivity index (χ2n) is 8.08. The zero-order chi connectivity index (χ0) is 21.7. The van der Waals surface area contributed by atoms with E-state index in [4.69, 9.17) is 4.74 Å². The molecule has 0 radical (unpaired) electrons. The van der Waals surface area contributed by atoms with E-state index in [9.17, 15) is 9.59 Å². The smallest absolute Gasteiger partial charge is 0.260 e. The molecule has 0 aliphatic carbocycles. The van der Waals surface area contributed by atoms with Crippen LogP contribution in [0.4, 0.5) is 0 Å². The van der Waals surface area contributed by atoms with Gasteiger partial charge in [0.15, 0.2) is 6.10 Å². The summed E-state index contributed by atoms with van der Waals surface area (Å²) in [5.41, 5.74) is 1.86. The Morgan fingerprint density at radius 2 is 1.67 bits per heavy atom. The highest BCUT2D eigenvalue weighted by atomic mass is 32.1. The molecule has 6 heteroatoms. The van der Waals surface area contributed by atoms with Gasteiger partial charge in [0, 0.05) is 24.0 Å². The minimum atomic E-state index is -0.578. The van der Waals surface area contributed by atoms with E-state index in [2.05, 4.69) is 31.8 Å². The van der Waals surface area contributed by atoms with Crippen molar-refractivity contribution in [1.29, 1.82) is 0 Å². The molecule has 1 N–H and O–H groups in total. The molecule has 1 saturated heterocycles. The van der Waals surface area contributed by atoms with E-state index in [1.165, 1.54) is 5.56 Å². The van der Waals surface area contributed by atoms with E-state index in [-0.39, 0.29) is 17.9 Å². The lowest BCUT2D eigenvalue weighted by atomic mass is 10.0. The topological polar surface area (TPSA) is 58.6 Å². The number of thiol groups is 1. The van der Waals surface area contributed by atoms with Gasteiger partial charge < -0.3 is 15.0 Å². The van der Waals surface area contributed by atoms with E-state index >= 15 is 0 Å². The van der Waals surface area contributed by atoms with Gasteiger partial charge in [-0.25, -0.2) is 0 Å². The summed E-state index contributed by atoms with van der Waals surface area (Å²) in [7, 11) is 0. The van der Waals surface area contributed by atoms with Crippen molar-refractivity contribution in [3.8, 4) is 5.75 Å². The highest BCUT2D eigenvalue weighted by Gasteiger charge is 2.27. The molecule has 2 amide bonds. The predicted molar refractivity (Wildman–Crippen MR) is 121 cm³/mol. The van der Waals surface area contributed by atoms with Gasteiger partial charge >= 0.3 is 0 Å². The van der Waals surface area contributed by atoms with Gasteiger partial charge in [-0.15, -0.1) is 12.6 Å². The van der Waals surface area contributed by atoms with Crippen molar-refractivity contribution in [2.75, 3.05) is 13.1 Å². The highest BCUT2D eigenvalue weighted by molar-refractivity contribution is 7.80. The fourth-order valence-electron chi connectivity index (χ4n) is 3.56. The third kappa shape index (κ3) is 5.57. The Hall–Kier alpha value is -2.47. The number of hydrogen-bond donors (Lipinski definition) is 2. The number of ether oxygens (including phenoxy) is 1. The second-order valence-corrected chi connectivity index (χ2v) is 8.56. The lowest BCUT2D eigenvalue weighted by Gasteiger charge is -2.33. The Bertz CT molecular complexity index is 874. The number of amides is 2. The average molecular weight is 427 g/mol. The average Bonchev–Trinajstić information content (AvgIpc) is 2.74. The predicted octanol–water partition coefficient (Wildman–Crippen LogP) is 4.29. The van der Waals surface area contributed by atoms with Crippen LogP contribution in [0.5, 0.6) is 5.75 Å². The van der Waals surface area contributed by atoms with Gasteiger partial charge in [0.1, 0.15) is 5.75 Å². The molecule has 1 fully saturated rings.